The summed E-state index contributed by atoms with van der Waals surface area (Å²) in [5.74, 6) is 0.563. The van der Waals surface area contributed by atoms with E-state index in [9.17, 15) is 4.79 Å². The number of hydrogen-bond acceptors (Lipinski definition) is 3. The number of thiazole rings is 1. The number of aromatic carboxylic acids is 1. The van der Waals surface area contributed by atoms with Gasteiger partial charge in [0.15, 0.2) is 0 Å². The standard InChI is InChI=1S/C17H19NO2S/c1-10(2)11-6-7-14-15(9-11)21-16(18-14)12-4-3-5-13(8-12)17(19)20/h3-5,8,10-11H,6-7,9H2,1-2H3,(H,19,20). The maximum atomic E-state index is 11.1. The third-order valence-electron chi connectivity index (χ3n) is 4.28. The van der Waals surface area contributed by atoms with E-state index in [1.54, 1.807) is 29.5 Å². The van der Waals surface area contributed by atoms with Gasteiger partial charge in [-0.25, -0.2) is 9.78 Å². The number of benzene rings is 1. The molecule has 0 aliphatic heterocycles. The first-order chi connectivity index (χ1) is 10.0. The highest BCUT2D eigenvalue weighted by Gasteiger charge is 2.24. The quantitative estimate of drug-likeness (QED) is 0.921. The molecule has 0 fully saturated rings. The van der Waals surface area contributed by atoms with Gasteiger partial charge in [0.25, 0.3) is 0 Å². The molecular formula is C17H19NO2S. The van der Waals surface area contributed by atoms with E-state index < -0.39 is 5.97 Å². The van der Waals surface area contributed by atoms with Crippen LogP contribution in [0.15, 0.2) is 24.3 Å². The van der Waals surface area contributed by atoms with Crippen molar-refractivity contribution in [2.75, 3.05) is 0 Å². The number of carbonyl (C=O) groups is 1. The second kappa shape index (κ2) is 5.60. The van der Waals surface area contributed by atoms with E-state index >= 15 is 0 Å². The molecule has 3 rings (SSSR count). The molecule has 1 unspecified atom stereocenters. The van der Waals surface area contributed by atoms with Gasteiger partial charge in [0.05, 0.1) is 11.3 Å². The van der Waals surface area contributed by atoms with Gasteiger partial charge in [-0.2, -0.15) is 0 Å². The van der Waals surface area contributed by atoms with Gasteiger partial charge in [-0.3, -0.25) is 0 Å². The molecule has 0 spiro atoms. The Morgan fingerprint density at radius 3 is 2.95 bits per heavy atom. The van der Waals surface area contributed by atoms with Gasteiger partial charge in [-0.15, -0.1) is 11.3 Å². The molecule has 1 atom stereocenters. The summed E-state index contributed by atoms with van der Waals surface area (Å²) in [5.41, 5.74) is 2.45. The highest BCUT2D eigenvalue weighted by atomic mass is 32.1. The van der Waals surface area contributed by atoms with Crippen LogP contribution in [-0.4, -0.2) is 16.1 Å². The Balaban J connectivity index is 1.92. The molecule has 4 heteroatoms. The number of carboxylic acid groups (broad SMARTS) is 1. The van der Waals surface area contributed by atoms with Crippen LogP contribution in [0.4, 0.5) is 0 Å². The van der Waals surface area contributed by atoms with Crippen molar-refractivity contribution < 1.29 is 9.90 Å². The molecule has 1 aromatic carbocycles. The number of aryl methyl sites for hydroxylation is 1. The number of rotatable bonds is 3. The van der Waals surface area contributed by atoms with E-state index in [0.29, 0.717) is 11.5 Å². The molecule has 3 nitrogen and oxygen atoms in total. The first-order valence-corrected chi connectivity index (χ1v) is 8.18. The second-order valence-electron chi connectivity index (χ2n) is 6.02. The zero-order chi connectivity index (χ0) is 15.0. The Labute approximate surface area is 128 Å². The van der Waals surface area contributed by atoms with E-state index in [-0.39, 0.29) is 0 Å². The fraction of sp³-hybridized carbons (Fsp3) is 0.412. The zero-order valence-electron chi connectivity index (χ0n) is 12.3. The average molecular weight is 301 g/mol. The Kier molecular flexibility index (Phi) is 3.81. The summed E-state index contributed by atoms with van der Waals surface area (Å²) in [5, 5.41) is 10.0. The monoisotopic (exact) mass is 301 g/mol. The lowest BCUT2D eigenvalue weighted by molar-refractivity contribution is 0.0697. The summed E-state index contributed by atoms with van der Waals surface area (Å²) in [4.78, 5) is 17.2. The molecule has 0 amide bonds. The normalized spacial score (nSPS) is 17.8. The molecule has 1 aliphatic rings. The average Bonchev–Trinajstić information content (AvgIpc) is 2.90. The largest absolute Gasteiger partial charge is 0.478 e. The third-order valence-corrected chi connectivity index (χ3v) is 5.45. The summed E-state index contributed by atoms with van der Waals surface area (Å²) in [6, 6.07) is 7.06. The van der Waals surface area contributed by atoms with Gasteiger partial charge < -0.3 is 5.11 Å². The fourth-order valence-corrected chi connectivity index (χ4v) is 4.08. The predicted octanol–water partition coefficient (Wildman–Crippen LogP) is 4.27. The molecule has 0 bridgehead atoms. The molecule has 1 heterocycles. The van der Waals surface area contributed by atoms with Crippen molar-refractivity contribution in [1.29, 1.82) is 0 Å². The molecule has 2 aromatic rings. The van der Waals surface area contributed by atoms with E-state index in [2.05, 4.69) is 13.8 Å². The lowest BCUT2D eigenvalue weighted by Gasteiger charge is -2.24. The third kappa shape index (κ3) is 2.86. The molecule has 21 heavy (non-hydrogen) atoms. The van der Waals surface area contributed by atoms with Gasteiger partial charge in [0, 0.05) is 10.4 Å². The smallest absolute Gasteiger partial charge is 0.335 e. The first kappa shape index (κ1) is 14.3. The highest BCUT2D eigenvalue weighted by Crippen LogP contribution is 2.36. The number of nitrogens with zero attached hydrogens (tertiary/aromatic N) is 1. The van der Waals surface area contributed by atoms with Gasteiger partial charge in [-0.1, -0.05) is 26.0 Å². The van der Waals surface area contributed by atoms with E-state index in [4.69, 9.17) is 10.1 Å². The number of carboxylic acids is 1. The molecule has 0 radical (unpaired) electrons. The first-order valence-electron chi connectivity index (χ1n) is 7.37. The van der Waals surface area contributed by atoms with Crippen molar-refractivity contribution in [3.63, 3.8) is 0 Å². The van der Waals surface area contributed by atoms with Crippen LogP contribution in [0.25, 0.3) is 10.6 Å². The van der Waals surface area contributed by atoms with Crippen LogP contribution >= 0.6 is 11.3 Å². The Bertz CT molecular complexity index is 675. The van der Waals surface area contributed by atoms with Gasteiger partial charge >= 0.3 is 5.97 Å². The van der Waals surface area contributed by atoms with Crippen molar-refractivity contribution >= 4 is 17.3 Å². The van der Waals surface area contributed by atoms with Crippen molar-refractivity contribution in [1.82, 2.24) is 4.98 Å². The second-order valence-corrected chi connectivity index (χ2v) is 7.11. The minimum atomic E-state index is -0.891. The highest BCUT2D eigenvalue weighted by molar-refractivity contribution is 7.15. The maximum absolute atomic E-state index is 11.1. The summed E-state index contributed by atoms with van der Waals surface area (Å²) in [7, 11) is 0. The van der Waals surface area contributed by atoms with Crippen LogP contribution in [0.3, 0.4) is 0 Å². The van der Waals surface area contributed by atoms with E-state index in [1.165, 1.54) is 17.0 Å². The Hall–Kier alpha value is -1.68. The van der Waals surface area contributed by atoms with E-state index in [1.807, 2.05) is 6.07 Å². The lowest BCUT2D eigenvalue weighted by Crippen LogP contribution is -2.17. The minimum absolute atomic E-state index is 0.320. The minimum Gasteiger partial charge on any atom is -0.478 e. The topological polar surface area (TPSA) is 50.2 Å². The molecule has 0 saturated heterocycles. The summed E-state index contributed by atoms with van der Waals surface area (Å²) < 4.78 is 0. The SMILES string of the molecule is CC(C)C1CCc2nc(-c3cccc(C(=O)O)c3)sc2C1. The van der Waals surface area contributed by atoms with Gasteiger partial charge in [0.1, 0.15) is 5.01 Å². The predicted molar refractivity (Wildman–Crippen MR) is 84.9 cm³/mol. The van der Waals surface area contributed by atoms with E-state index in [0.717, 1.165) is 29.3 Å². The molecule has 1 N–H and O–H groups in total. The van der Waals surface area contributed by atoms with Gasteiger partial charge in [0.2, 0.25) is 0 Å². The van der Waals surface area contributed by atoms with Crippen LogP contribution in [0.5, 0.6) is 0 Å². The summed E-state index contributed by atoms with van der Waals surface area (Å²) >= 11 is 1.73. The number of hydrogen-bond donors (Lipinski definition) is 1. The van der Waals surface area contributed by atoms with Crippen molar-refractivity contribution in [2.24, 2.45) is 11.8 Å². The van der Waals surface area contributed by atoms with Crippen LogP contribution < -0.4 is 0 Å². The molecule has 1 aromatic heterocycles. The fourth-order valence-electron chi connectivity index (χ4n) is 2.88. The van der Waals surface area contributed by atoms with Crippen molar-refractivity contribution in [3.8, 4) is 10.6 Å². The van der Waals surface area contributed by atoms with Crippen LogP contribution in [0.2, 0.25) is 0 Å². The molecule has 0 saturated carbocycles. The summed E-state index contributed by atoms with van der Waals surface area (Å²) in [6.45, 7) is 4.57. The van der Waals surface area contributed by atoms with Crippen LogP contribution in [-0.2, 0) is 12.8 Å². The van der Waals surface area contributed by atoms with Crippen LogP contribution in [0, 0.1) is 11.8 Å². The molecule has 1 aliphatic carbocycles. The Morgan fingerprint density at radius 1 is 1.43 bits per heavy atom. The van der Waals surface area contributed by atoms with Crippen molar-refractivity contribution in [3.05, 3.63) is 40.4 Å². The summed E-state index contributed by atoms with van der Waals surface area (Å²) in [6.07, 6.45) is 3.37. The van der Waals surface area contributed by atoms with Crippen LogP contribution in [0.1, 0.15) is 41.2 Å². The Morgan fingerprint density at radius 2 is 2.24 bits per heavy atom. The lowest BCUT2D eigenvalue weighted by atomic mass is 9.83. The number of fused-ring (bicyclic) bond motifs is 1. The number of aromatic nitrogens is 1. The van der Waals surface area contributed by atoms with Gasteiger partial charge in [-0.05, 0) is 43.2 Å². The maximum Gasteiger partial charge on any atom is 0.335 e. The van der Waals surface area contributed by atoms with Crippen molar-refractivity contribution in [2.45, 2.75) is 33.1 Å². The molecule has 110 valence electrons. The molecular weight excluding hydrogens is 282 g/mol. The zero-order valence-corrected chi connectivity index (χ0v) is 13.1.